The quantitative estimate of drug-likeness (QED) is 0.396. The van der Waals surface area contributed by atoms with E-state index in [4.69, 9.17) is 13.9 Å². The first-order chi connectivity index (χ1) is 17.5. The van der Waals surface area contributed by atoms with Gasteiger partial charge < -0.3 is 23.7 Å². The molecule has 36 heavy (non-hydrogen) atoms. The molecule has 1 saturated heterocycles. The number of benzene rings is 2. The van der Waals surface area contributed by atoms with Crippen LogP contribution in [0.25, 0.3) is 0 Å². The molecule has 7 nitrogen and oxygen atoms in total. The zero-order valence-electron chi connectivity index (χ0n) is 21.0. The molecule has 0 spiro atoms. The highest BCUT2D eigenvalue weighted by atomic mass is 16.5. The number of hydrogen-bond donors (Lipinski definition) is 0. The van der Waals surface area contributed by atoms with Gasteiger partial charge in [0.05, 0.1) is 19.8 Å². The summed E-state index contributed by atoms with van der Waals surface area (Å²) in [5, 5.41) is 0. The SMILES string of the molecule is COc1ccc(C(=O)N(CC(=O)N(CCc2ccccc2)Cc2ccc(C)o2)C[C@@H]2CCCO2)cc1. The van der Waals surface area contributed by atoms with E-state index in [2.05, 4.69) is 12.1 Å². The largest absolute Gasteiger partial charge is 0.497 e. The third-order valence-corrected chi connectivity index (χ3v) is 6.41. The number of aryl methyl sites for hydroxylation is 1. The minimum atomic E-state index is -0.196. The first-order valence-electron chi connectivity index (χ1n) is 12.4. The average Bonchev–Trinajstić information content (AvgIpc) is 3.57. The van der Waals surface area contributed by atoms with Crippen LogP contribution in [0.4, 0.5) is 0 Å². The van der Waals surface area contributed by atoms with Crippen molar-refractivity contribution in [1.82, 2.24) is 9.80 Å². The Balaban J connectivity index is 1.51. The molecule has 0 aliphatic carbocycles. The van der Waals surface area contributed by atoms with Gasteiger partial charge in [0.15, 0.2) is 0 Å². The van der Waals surface area contributed by atoms with E-state index < -0.39 is 0 Å². The van der Waals surface area contributed by atoms with Gasteiger partial charge in [-0.15, -0.1) is 0 Å². The highest BCUT2D eigenvalue weighted by molar-refractivity contribution is 5.96. The van der Waals surface area contributed by atoms with Crippen LogP contribution in [0.5, 0.6) is 5.75 Å². The minimum Gasteiger partial charge on any atom is -0.497 e. The number of carbonyl (C=O) groups excluding carboxylic acids is 2. The third-order valence-electron chi connectivity index (χ3n) is 6.41. The summed E-state index contributed by atoms with van der Waals surface area (Å²) in [6.45, 7) is 3.79. The lowest BCUT2D eigenvalue weighted by molar-refractivity contribution is -0.133. The number of ether oxygens (including phenoxy) is 2. The van der Waals surface area contributed by atoms with Gasteiger partial charge in [0, 0.05) is 25.3 Å². The van der Waals surface area contributed by atoms with Crippen LogP contribution in [-0.4, -0.2) is 61.1 Å². The molecule has 1 aliphatic rings. The van der Waals surface area contributed by atoms with Gasteiger partial charge in [-0.25, -0.2) is 0 Å². The molecule has 190 valence electrons. The summed E-state index contributed by atoms with van der Waals surface area (Å²) < 4.78 is 16.8. The van der Waals surface area contributed by atoms with Crippen molar-refractivity contribution in [3.8, 4) is 5.75 Å². The lowest BCUT2D eigenvalue weighted by atomic mass is 10.1. The van der Waals surface area contributed by atoms with Crippen LogP contribution in [0.2, 0.25) is 0 Å². The average molecular weight is 491 g/mol. The number of carbonyl (C=O) groups is 2. The molecule has 0 unspecified atom stereocenters. The Morgan fingerprint density at radius 1 is 1.00 bits per heavy atom. The smallest absolute Gasteiger partial charge is 0.254 e. The molecule has 1 aliphatic heterocycles. The maximum atomic E-state index is 13.6. The van der Waals surface area contributed by atoms with E-state index in [1.165, 1.54) is 0 Å². The summed E-state index contributed by atoms with van der Waals surface area (Å²) in [6, 6.07) is 20.8. The van der Waals surface area contributed by atoms with E-state index >= 15 is 0 Å². The Morgan fingerprint density at radius 3 is 2.42 bits per heavy atom. The molecule has 1 atom stereocenters. The Labute approximate surface area is 212 Å². The zero-order valence-corrected chi connectivity index (χ0v) is 21.0. The maximum absolute atomic E-state index is 13.6. The van der Waals surface area contributed by atoms with Crippen LogP contribution in [0.15, 0.2) is 71.1 Å². The molecule has 4 rings (SSSR count). The monoisotopic (exact) mass is 490 g/mol. The van der Waals surface area contributed by atoms with Crippen LogP contribution in [0.1, 0.15) is 40.3 Å². The molecule has 3 aromatic rings. The highest BCUT2D eigenvalue weighted by Crippen LogP contribution is 2.18. The van der Waals surface area contributed by atoms with Crippen molar-refractivity contribution in [3.05, 3.63) is 89.4 Å². The molecule has 1 fully saturated rings. The first kappa shape index (κ1) is 25.5. The van der Waals surface area contributed by atoms with Crippen molar-refractivity contribution < 1.29 is 23.5 Å². The molecule has 2 heterocycles. The van der Waals surface area contributed by atoms with E-state index in [1.807, 2.05) is 37.3 Å². The molecule has 0 bridgehead atoms. The van der Waals surface area contributed by atoms with Crippen molar-refractivity contribution >= 4 is 11.8 Å². The summed E-state index contributed by atoms with van der Waals surface area (Å²) in [6.07, 6.45) is 2.49. The molecule has 0 saturated carbocycles. The van der Waals surface area contributed by atoms with Gasteiger partial charge >= 0.3 is 0 Å². The lowest BCUT2D eigenvalue weighted by Gasteiger charge is -2.29. The van der Waals surface area contributed by atoms with E-state index in [0.29, 0.717) is 44.0 Å². The molecular formula is C29H34N2O5. The second kappa shape index (κ2) is 12.4. The predicted octanol–water partition coefficient (Wildman–Crippen LogP) is 4.49. The topological polar surface area (TPSA) is 72.2 Å². The van der Waals surface area contributed by atoms with Gasteiger partial charge in [-0.2, -0.15) is 0 Å². The molecular weight excluding hydrogens is 456 g/mol. The van der Waals surface area contributed by atoms with Crippen molar-refractivity contribution in [2.24, 2.45) is 0 Å². The van der Waals surface area contributed by atoms with E-state index in [-0.39, 0.29) is 24.5 Å². The Hall–Kier alpha value is -3.58. The zero-order chi connectivity index (χ0) is 25.3. The van der Waals surface area contributed by atoms with E-state index in [9.17, 15) is 9.59 Å². The maximum Gasteiger partial charge on any atom is 0.254 e. The minimum absolute atomic E-state index is 0.0286. The Kier molecular flexibility index (Phi) is 8.79. The second-order valence-electron chi connectivity index (χ2n) is 9.11. The van der Waals surface area contributed by atoms with Gasteiger partial charge in [0.25, 0.3) is 5.91 Å². The Bertz CT molecular complexity index is 1120. The standard InChI is InChI=1S/C29H34N2O5/c1-22-10-13-27(36-22)20-30(17-16-23-7-4-3-5-8-23)28(32)21-31(19-26-9-6-18-35-26)29(33)24-11-14-25(34-2)15-12-24/h3-5,7-8,10-15,26H,6,9,16-21H2,1-2H3/t26-/m0/s1. The summed E-state index contributed by atoms with van der Waals surface area (Å²) in [5.74, 6) is 1.88. The number of nitrogens with zero attached hydrogens (tertiary/aromatic N) is 2. The van der Waals surface area contributed by atoms with Gasteiger partial charge in [-0.05, 0) is 68.1 Å². The number of furan rings is 1. The number of amides is 2. The summed E-state index contributed by atoms with van der Waals surface area (Å²) in [4.78, 5) is 30.5. The van der Waals surface area contributed by atoms with Gasteiger partial charge in [-0.1, -0.05) is 30.3 Å². The van der Waals surface area contributed by atoms with Crippen molar-refractivity contribution in [1.29, 1.82) is 0 Å². The summed E-state index contributed by atoms with van der Waals surface area (Å²) >= 11 is 0. The van der Waals surface area contributed by atoms with Gasteiger partial charge in [-0.3, -0.25) is 9.59 Å². The van der Waals surface area contributed by atoms with Crippen LogP contribution in [-0.2, 0) is 22.5 Å². The normalized spacial score (nSPS) is 15.0. The van der Waals surface area contributed by atoms with Crippen LogP contribution >= 0.6 is 0 Å². The second-order valence-corrected chi connectivity index (χ2v) is 9.11. The lowest BCUT2D eigenvalue weighted by Crippen LogP contribution is -2.46. The third kappa shape index (κ3) is 6.98. The molecule has 2 aromatic carbocycles. The number of hydrogen-bond acceptors (Lipinski definition) is 5. The van der Waals surface area contributed by atoms with Crippen LogP contribution in [0.3, 0.4) is 0 Å². The van der Waals surface area contributed by atoms with Crippen molar-refractivity contribution in [2.75, 3.05) is 33.4 Å². The van der Waals surface area contributed by atoms with Crippen molar-refractivity contribution in [2.45, 2.75) is 38.8 Å². The molecule has 2 amide bonds. The fourth-order valence-electron chi connectivity index (χ4n) is 4.39. The van der Waals surface area contributed by atoms with Crippen molar-refractivity contribution in [3.63, 3.8) is 0 Å². The molecule has 0 N–H and O–H groups in total. The molecule has 0 radical (unpaired) electrons. The van der Waals surface area contributed by atoms with Gasteiger partial charge in [0.2, 0.25) is 5.91 Å². The first-order valence-corrected chi connectivity index (χ1v) is 12.4. The predicted molar refractivity (Wildman–Crippen MR) is 137 cm³/mol. The van der Waals surface area contributed by atoms with E-state index in [1.54, 1.807) is 41.2 Å². The number of rotatable bonds is 11. The summed E-state index contributed by atoms with van der Waals surface area (Å²) in [5.41, 5.74) is 1.66. The fourth-order valence-corrected chi connectivity index (χ4v) is 4.39. The Morgan fingerprint density at radius 2 is 1.78 bits per heavy atom. The number of methoxy groups -OCH3 is 1. The van der Waals surface area contributed by atoms with Gasteiger partial charge in [0.1, 0.15) is 23.8 Å². The summed E-state index contributed by atoms with van der Waals surface area (Å²) in [7, 11) is 1.59. The van der Waals surface area contributed by atoms with Crippen LogP contribution < -0.4 is 4.74 Å². The highest BCUT2D eigenvalue weighted by Gasteiger charge is 2.27. The molecule has 1 aromatic heterocycles. The fraction of sp³-hybridized carbons (Fsp3) is 0.379. The van der Waals surface area contributed by atoms with E-state index in [0.717, 1.165) is 29.9 Å². The van der Waals surface area contributed by atoms with Crippen LogP contribution in [0, 0.1) is 6.92 Å². The molecule has 7 heteroatoms.